The molecule has 0 saturated carbocycles. The molecule has 1 amide bonds. The number of aromatic nitrogens is 3. The van der Waals surface area contributed by atoms with E-state index in [1.807, 2.05) is 0 Å². The van der Waals surface area contributed by atoms with Gasteiger partial charge in [-0.1, -0.05) is 0 Å². The van der Waals surface area contributed by atoms with Crippen molar-refractivity contribution in [3.8, 4) is 0 Å². The summed E-state index contributed by atoms with van der Waals surface area (Å²) >= 11 is 0. The summed E-state index contributed by atoms with van der Waals surface area (Å²) in [6.07, 6.45) is 3.19. The van der Waals surface area contributed by atoms with Gasteiger partial charge in [-0.25, -0.2) is 0 Å². The lowest BCUT2D eigenvalue weighted by atomic mass is 10.3. The average Bonchev–Trinajstić information content (AvgIpc) is 2.49. The first-order chi connectivity index (χ1) is 5.77. The van der Waals surface area contributed by atoms with Crippen LogP contribution in [0.3, 0.4) is 0 Å². The standard InChI is InChI=1S/C7H6N4O/c8-7(12)6-1-5-4(2-9-6)3-10-11-5/h1-3H,(H2,8,12)(H,10,11). The molecule has 0 aromatic carbocycles. The number of H-pyrrole nitrogens is 1. The molecule has 0 aliphatic heterocycles. The fourth-order valence-corrected chi connectivity index (χ4v) is 0.972. The predicted molar refractivity (Wildman–Crippen MR) is 42.4 cm³/mol. The van der Waals surface area contributed by atoms with E-state index < -0.39 is 5.91 Å². The van der Waals surface area contributed by atoms with E-state index in [9.17, 15) is 4.79 Å². The van der Waals surface area contributed by atoms with Gasteiger partial charge in [-0.15, -0.1) is 0 Å². The number of pyridine rings is 1. The highest BCUT2D eigenvalue weighted by Gasteiger charge is 2.03. The minimum atomic E-state index is -0.536. The molecule has 12 heavy (non-hydrogen) atoms. The molecule has 2 rings (SSSR count). The number of primary amides is 1. The van der Waals surface area contributed by atoms with Crippen LogP contribution in [0.4, 0.5) is 0 Å². The number of amides is 1. The SMILES string of the molecule is NC(=O)c1cc2[nH]ncc2cn1. The van der Waals surface area contributed by atoms with Crippen LogP contribution in [-0.2, 0) is 0 Å². The van der Waals surface area contributed by atoms with Crippen molar-refractivity contribution in [1.82, 2.24) is 15.2 Å². The van der Waals surface area contributed by atoms with Crippen molar-refractivity contribution in [2.45, 2.75) is 0 Å². The number of fused-ring (bicyclic) bond motifs is 1. The quantitative estimate of drug-likeness (QED) is 0.621. The maximum atomic E-state index is 10.7. The lowest BCUT2D eigenvalue weighted by molar-refractivity contribution is 0.0996. The molecule has 0 saturated heterocycles. The van der Waals surface area contributed by atoms with Crippen molar-refractivity contribution in [3.05, 3.63) is 24.2 Å². The van der Waals surface area contributed by atoms with E-state index in [0.29, 0.717) is 0 Å². The lowest BCUT2D eigenvalue weighted by Crippen LogP contribution is -2.12. The summed E-state index contributed by atoms with van der Waals surface area (Å²) in [4.78, 5) is 14.5. The number of hydrogen-bond donors (Lipinski definition) is 2. The Bertz CT molecular complexity index is 434. The summed E-state index contributed by atoms with van der Waals surface area (Å²) in [7, 11) is 0. The molecule has 0 aliphatic rings. The summed E-state index contributed by atoms with van der Waals surface area (Å²) in [5.41, 5.74) is 6.04. The fraction of sp³-hybridized carbons (Fsp3) is 0. The smallest absolute Gasteiger partial charge is 0.267 e. The van der Waals surface area contributed by atoms with Crippen LogP contribution in [0.2, 0.25) is 0 Å². The minimum absolute atomic E-state index is 0.242. The van der Waals surface area contributed by atoms with E-state index in [-0.39, 0.29) is 5.69 Å². The first-order valence-corrected chi connectivity index (χ1v) is 3.36. The van der Waals surface area contributed by atoms with Crippen molar-refractivity contribution < 1.29 is 4.79 Å². The van der Waals surface area contributed by atoms with Gasteiger partial charge in [0.05, 0.1) is 11.7 Å². The molecule has 0 bridgehead atoms. The second-order valence-electron chi connectivity index (χ2n) is 2.39. The Morgan fingerprint density at radius 1 is 1.50 bits per heavy atom. The molecule has 0 aliphatic carbocycles. The van der Waals surface area contributed by atoms with Gasteiger partial charge in [0, 0.05) is 11.6 Å². The molecule has 0 fully saturated rings. The summed E-state index contributed by atoms with van der Waals surface area (Å²) in [5.74, 6) is -0.536. The van der Waals surface area contributed by atoms with Crippen LogP contribution < -0.4 is 5.73 Å². The van der Waals surface area contributed by atoms with Gasteiger partial charge in [-0.05, 0) is 6.07 Å². The summed E-state index contributed by atoms with van der Waals surface area (Å²) in [6, 6.07) is 1.57. The molecule has 60 valence electrons. The summed E-state index contributed by atoms with van der Waals surface area (Å²) < 4.78 is 0. The van der Waals surface area contributed by atoms with Crippen LogP contribution in [0.15, 0.2) is 18.5 Å². The Hall–Kier alpha value is -1.91. The van der Waals surface area contributed by atoms with Crippen LogP contribution in [0.1, 0.15) is 10.5 Å². The van der Waals surface area contributed by atoms with Gasteiger partial charge in [-0.3, -0.25) is 14.9 Å². The third kappa shape index (κ3) is 0.914. The van der Waals surface area contributed by atoms with Crippen LogP contribution in [0.5, 0.6) is 0 Å². The highest BCUT2D eigenvalue weighted by atomic mass is 16.1. The molecule has 2 aromatic heterocycles. The van der Waals surface area contributed by atoms with E-state index in [2.05, 4.69) is 15.2 Å². The third-order valence-corrected chi connectivity index (χ3v) is 1.58. The molecule has 5 heteroatoms. The van der Waals surface area contributed by atoms with Crippen LogP contribution in [0, 0.1) is 0 Å². The van der Waals surface area contributed by atoms with Crippen molar-refractivity contribution >= 4 is 16.8 Å². The van der Waals surface area contributed by atoms with E-state index in [4.69, 9.17) is 5.73 Å². The maximum Gasteiger partial charge on any atom is 0.267 e. The summed E-state index contributed by atoms with van der Waals surface area (Å²) in [6.45, 7) is 0. The van der Waals surface area contributed by atoms with Crippen molar-refractivity contribution in [2.24, 2.45) is 5.73 Å². The Morgan fingerprint density at radius 3 is 3.08 bits per heavy atom. The first-order valence-electron chi connectivity index (χ1n) is 3.36. The molecule has 2 aromatic rings. The molecule has 2 heterocycles. The van der Waals surface area contributed by atoms with Crippen LogP contribution in [0.25, 0.3) is 10.9 Å². The third-order valence-electron chi connectivity index (χ3n) is 1.58. The molecule has 3 N–H and O–H groups in total. The normalized spacial score (nSPS) is 10.3. The monoisotopic (exact) mass is 162 g/mol. The van der Waals surface area contributed by atoms with E-state index in [1.165, 1.54) is 0 Å². The minimum Gasteiger partial charge on any atom is -0.364 e. The second-order valence-corrected chi connectivity index (χ2v) is 2.39. The number of carbonyl (C=O) groups is 1. The van der Waals surface area contributed by atoms with Crippen LogP contribution >= 0.6 is 0 Å². The van der Waals surface area contributed by atoms with Gasteiger partial charge < -0.3 is 5.73 Å². The average molecular weight is 162 g/mol. The number of nitrogens with two attached hydrogens (primary N) is 1. The second kappa shape index (κ2) is 2.30. The van der Waals surface area contributed by atoms with Gasteiger partial charge in [0.25, 0.3) is 5.91 Å². The Morgan fingerprint density at radius 2 is 2.33 bits per heavy atom. The van der Waals surface area contributed by atoms with Crippen molar-refractivity contribution in [2.75, 3.05) is 0 Å². The highest BCUT2D eigenvalue weighted by Crippen LogP contribution is 2.08. The van der Waals surface area contributed by atoms with Gasteiger partial charge in [0.1, 0.15) is 5.69 Å². The largest absolute Gasteiger partial charge is 0.364 e. The number of carbonyl (C=O) groups excluding carboxylic acids is 1. The molecular weight excluding hydrogens is 156 g/mol. The number of rotatable bonds is 1. The molecule has 5 nitrogen and oxygen atoms in total. The number of aromatic amines is 1. The Kier molecular flexibility index (Phi) is 1.30. The highest BCUT2D eigenvalue weighted by molar-refractivity contribution is 5.94. The molecule has 0 atom stereocenters. The predicted octanol–water partition coefficient (Wildman–Crippen LogP) is 0.0568. The number of hydrogen-bond acceptors (Lipinski definition) is 3. The zero-order chi connectivity index (χ0) is 8.55. The van der Waals surface area contributed by atoms with Crippen molar-refractivity contribution in [1.29, 1.82) is 0 Å². The lowest BCUT2D eigenvalue weighted by Gasteiger charge is -1.92. The van der Waals surface area contributed by atoms with Gasteiger partial charge in [-0.2, -0.15) is 5.10 Å². The van der Waals surface area contributed by atoms with Gasteiger partial charge in [0.15, 0.2) is 0 Å². The first kappa shape index (κ1) is 6.78. The topological polar surface area (TPSA) is 84.7 Å². The zero-order valence-corrected chi connectivity index (χ0v) is 6.11. The molecule has 0 spiro atoms. The zero-order valence-electron chi connectivity index (χ0n) is 6.11. The Balaban J connectivity index is 2.68. The van der Waals surface area contributed by atoms with Crippen molar-refractivity contribution in [3.63, 3.8) is 0 Å². The summed E-state index contributed by atoms with van der Waals surface area (Å²) in [5, 5.41) is 7.36. The van der Waals surface area contributed by atoms with Crippen LogP contribution in [-0.4, -0.2) is 21.1 Å². The van der Waals surface area contributed by atoms with Gasteiger partial charge >= 0.3 is 0 Å². The molecular formula is C7H6N4O. The number of nitrogens with zero attached hydrogens (tertiary/aromatic N) is 2. The van der Waals surface area contributed by atoms with E-state index >= 15 is 0 Å². The molecule has 0 unspecified atom stereocenters. The maximum absolute atomic E-state index is 10.7. The Labute approximate surface area is 67.6 Å². The van der Waals surface area contributed by atoms with Gasteiger partial charge in [0.2, 0.25) is 0 Å². The molecule has 0 radical (unpaired) electrons. The fourth-order valence-electron chi connectivity index (χ4n) is 0.972. The number of nitrogens with one attached hydrogen (secondary N) is 1. The van der Waals surface area contributed by atoms with E-state index in [1.54, 1.807) is 18.5 Å². The van der Waals surface area contributed by atoms with E-state index in [0.717, 1.165) is 10.9 Å².